The van der Waals surface area contributed by atoms with Gasteiger partial charge in [-0.3, -0.25) is 4.98 Å². The SMILES string of the molecule is Brc1cnccc1Nc1ccc(N2CCCC2)cc1. The zero-order chi connectivity index (χ0) is 13.1. The van der Waals surface area contributed by atoms with Crippen LogP contribution in [0.25, 0.3) is 0 Å². The van der Waals surface area contributed by atoms with E-state index in [4.69, 9.17) is 0 Å². The van der Waals surface area contributed by atoms with E-state index < -0.39 is 0 Å². The summed E-state index contributed by atoms with van der Waals surface area (Å²) in [5.41, 5.74) is 3.44. The minimum absolute atomic E-state index is 0.971. The van der Waals surface area contributed by atoms with Crippen molar-refractivity contribution in [1.82, 2.24) is 4.98 Å². The van der Waals surface area contributed by atoms with Gasteiger partial charge in [-0.15, -0.1) is 0 Å². The van der Waals surface area contributed by atoms with Gasteiger partial charge in [0, 0.05) is 36.9 Å². The molecule has 0 bridgehead atoms. The van der Waals surface area contributed by atoms with Crippen molar-refractivity contribution in [1.29, 1.82) is 0 Å². The van der Waals surface area contributed by atoms with Crippen molar-refractivity contribution >= 4 is 33.0 Å². The fourth-order valence-corrected chi connectivity index (χ4v) is 2.71. The summed E-state index contributed by atoms with van der Waals surface area (Å²) in [6.07, 6.45) is 6.19. The molecule has 4 heteroatoms. The zero-order valence-electron chi connectivity index (χ0n) is 10.6. The van der Waals surface area contributed by atoms with Crippen molar-refractivity contribution in [3.05, 3.63) is 47.2 Å². The predicted molar refractivity (Wildman–Crippen MR) is 83.1 cm³/mol. The number of nitrogens with zero attached hydrogens (tertiary/aromatic N) is 2. The second-order valence-corrected chi connectivity index (χ2v) is 5.58. The van der Waals surface area contributed by atoms with Crippen molar-refractivity contribution in [2.24, 2.45) is 0 Å². The highest BCUT2D eigenvalue weighted by Crippen LogP contribution is 2.26. The van der Waals surface area contributed by atoms with Crippen LogP contribution in [-0.2, 0) is 0 Å². The van der Waals surface area contributed by atoms with Crippen LogP contribution in [0.5, 0.6) is 0 Å². The molecule has 2 heterocycles. The van der Waals surface area contributed by atoms with Gasteiger partial charge in [-0.1, -0.05) is 0 Å². The van der Waals surface area contributed by atoms with Crippen LogP contribution in [0.2, 0.25) is 0 Å². The van der Waals surface area contributed by atoms with E-state index in [1.54, 1.807) is 12.4 Å². The number of anilines is 3. The Kier molecular flexibility index (Phi) is 3.69. The lowest BCUT2D eigenvalue weighted by Crippen LogP contribution is -2.17. The lowest BCUT2D eigenvalue weighted by molar-refractivity contribution is 0.949. The Balaban J connectivity index is 1.74. The highest BCUT2D eigenvalue weighted by atomic mass is 79.9. The number of halogens is 1. The first kappa shape index (κ1) is 12.5. The van der Waals surface area contributed by atoms with E-state index in [2.05, 4.69) is 55.4 Å². The second kappa shape index (κ2) is 5.61. The van der Waals surface area contributed by atoms with E-state index in [0.717, 1.165) is 15.8 Å². The first-order valence-electron chi connectivity index (χ1n) is 6.54. The number of pyridine rings is 1. The summed E-state index contributed by atoms with van der Waals surface area (Å²) < 4.78 is 0.971. The lowest BCUT2D eigenvalue weighted by atomic mass is 10.2. The van der Waals surface area contributed by atoms with Crippen LogP contribution >= 0.6 is 15.9 Å². The molecule has 1 aliphatic heterocycles. The molecule has 3 nitrogen and oxygen atoms in total. The van der Waals surface area contributed by atoms with Gasteiger partial charge in [0.2, 0.25) is 0 Å². The third-order valence-corrected chi connectivity index (χ3v) is 4.02. The number of hydrogen-bond donors (Lipinski definition) is 1. The molecule has 1 N–H and O–H groups in total. The van der Waals surface area contributed by atoms with Crippen molar-refractivity contribution in [2.75, 3.05) is 23.3 Å². The summed E-state index contributed by atoms with van der Waals surface area (Å²) >= 11 is 3.49. The first-order chi connectivity index (χ1) is 9.33. The maximum atomic E-state index is 4.06. The van der Waals surface area contributed by atoms with Gasteiger partial charge in [0.05, 0.1) is 10.2 Å². The average Bonchev–Trinajstić information content (AvgIpc) is 2.96. The maximum absolute atomic E-state index is 4.06. The van der Waals surface area contributed by atoms with Crippen LogP contribution in [-0.4, -0.2) is 18.1 Å². The first-order valence-corrected chi connectivity index (χ1v) is 7.34. The largest absolute Gasteiger partial charge is 0.372 e. The van der Waals surface area contributed by atoms with Gasteiger partial charge >= 0.3 is 0 Å². The molecular weight excluding hydrogens is 302 g/mol. The number of benzene rings is 1. The highest BCUT2D eigenvalue weighted by molar-refractivity contribution is 9.10. The number of rotatable bonds is 3. The molecule has 1 aliphatic rings. The Morgan fingerprint density at radius 1 is 1.05 bits per heavy atom. The minimum Gasteiger partial charge on any atom is -0.372 e. The molecule has 0 unspecified atom stereocenters. The van der Waals surface area contributed by atoms with Crippen molar-refractivity contribution in [3.63, 3.8) is 0 Å². The summed E-state index contributed by atoms with van der Waals surface area (Å²) in [5.74, 6) is 0. The standard InChI is InChI=1S/C15H16BrN3/c16-14-11-17-8-7-15(14)18-12-3-5-13(6-4-12)19-9-1-2-10-19/h3-8,11H,1-2,9-10H2,(H,17,18). The molecule has 2 aromatic rings. The Labute approximate surface area is 121 Å². The van der Waals surface area contributed by atoms with E-state index in [1.807, 2.05) is 6.07 Å². The number of hydrogen-bond acceptors (Lipinski definition) is 3. The Morgan fingerprint density at radius 2 is 1.79 bits per heavy atom. The molecular formula is C15H16BrN3. The molecule has 0 spiro atoms. The highest BCUT2D eigenvalue weighted by Gasteiger charge is 2.11. The van der Waals surface area contributed by atoms with E-state index >= 15 is 0 Å². The molecule has 1 saturated heterocycles. The van der Waals surface area contributed by atoms with Crippen LogP contribution in [0.3, 0.4) is 0 Å². The molecule has 98 valence electrons. The van der Waals surface area contributed by atoms with Crippen LogP contribution < -0.4 is 10.2 Å². The number of nitrogens with one attached hydrogen (secondary N) is 1. The Bertz CT molecular complexity index is 548. The fourth-order valence-electron chi connectivity index (χ4n) is 2.36. The summed E-state index contributed by atoms with van der Waals surface area (Å²) in [6.45, 7) is 2.37. The van der Waals surface area contributed by atoms with Gasteiger partial charge < -0.3 is 10.2 Å². The van der Waals surface area contributed by atoms with Gasteiger partial charge in [-0.05, 0) is 59.1 Å². The maximum Gasteiger partial charge on any atom is 0.0593 e. The monoisotopic (exact) mass is 317 g/mol. The van der Waals surface area contributed by atoms with Gasteiger partial charge in [-0.25, -0.2) is 0 Å². The zero-order valence-corrected chi connectivity index (χ0v) is 12.2. The van der Waals surface area contributed by atoms with Crippen LogP contribution in [0.1, 0.15) is 12.8 Å². The van der Waals surface area contributed by atoms with E-state index in [0.29, 0.717) is 0 Å². The van der Waals surface area contributed by atoms with E-state index in [-0.39, 0.29) is 0 Å². The molecule has 1 aromatic heterocycles. The van der Waals surface area contributed by atoms with Crippen LogP contribution in [0.15, 0.2) is 47.2 Å². The molecule has 0 saturated carbocycles. The second-order valence-electron chi connectivity index (χ2n) is 4.72. The van der Waals surface area contributed by atoms with Gasteiger partial charge in [0.1, 0.15) is 0 Å². The number of aromatic nitrogens is 1. The van der Waals surface area contributed by atoms with E-state index in [1.165, 1.54) is 31.6 Å². The van der Waals surface area contributed by atoms with Gasteiger partial charge in [0.25, 0.3) is 0 Å². The normalized spacial score (nSPS) is 14.7. The Morgan fingerprint density at radius 3 is 2.47 bits per heavy atom. The van der Waals surface area contributed by atoms with Crippen LogP contribution in [0, 0.1) is 0 Å². The van der Waals surface area contributed by atoms with E-state index in [9.17, 15) is 0 Å². The van der Waals surface area contributed by atoms with Crippen LogP contribution in [0.4, 0.5) is 17.1 Å². The molecule has 0 radical (unpaired) electrons. The molecule has 1 fully saturated rings. The smallest absolute Gasteiger partial charge is 0.0593 e. The molecule has 0 aliphatic carbocycles. The fraction of sp³-hybridized carbons (Fsp3) is 0.267. The lowest BCUT2D eigenvalue weighted by Gasteiger charge is -2.18. The summed E-state index contributed by atoms with van der Waals surface area (Å²) in [6, 6.07) is 10.6. The molecule has 0 amide bonds. The topological polar surface area (TPSA) is 28.2 Å². The molecule has 1 aromatic carbocycles. The summed E-state index contributed by atoms with van der Waals surface area (Å²) in [4.78, 5) is 6.50. The summed E-state index contributed by atoms with van der Waals surface area (Å²) in [5, 5.41) is 3.38. The van der Waals surface area contributed by atoms with Crippen molar-refractivity contribution < 1.29 is 0 Å². The predicted octanol–water partition coefficient (Wildman–Crippen LogP) is 4.19. The Hall–Kier alpha value is -1.55. The van der Waals surface area contributed by atoms with Gasteiger partial charge in [0.15, 0.2) is 0 Å². The molecule has 19 heavy (non-hydrogen) atoms. The summed E-state index contributed by atoms with van der Waals surface area (Å²) in [7, 11) is 0. The minimum atomic E-state index is 0.971. The molecule has 3 rings (SSSR count). The average molecular weight is 318 g/mol. The third-order valence-electron chi connectivity index (χ3n) is 3.39. The molecule has 0 atom stereocenters. The van der Waals surface area contributed by atoms with Crippen molar-refractivity contribution in [2.45, 2.75) is 12.8 Å². The van der Waals surface area contributed by atoms with Gasteiger partial charge in [-0.2, -0.15) is 0 Å². The quantitative estimate of drug-likeness (QED) is 0.920. The third kappa shape index (κ3) is 2.89. The van der Waals surface area contributed by atoms with Crippen molar-refractivity contribution in [3.8, 4) is 0 Å².